The minimum atomic E-state index is -0.162. The van der Waals surface area contributed by atoms with E-state index in [0.29, 0.717) is 23.9 Å². The van der Waals surface area contributed by atoms with E-state index in [2.05, 4.69) is 0 Å². The van der Waals surface area contributed by atoms with Gasteiger partial charge >= 0.3 is 0 Å². The highest BCUT2D eigenvalue weighted by molar-refractivity contribution is 6.30. The van der Waals surface area contributed by atoms with Gasteiger partial charge in [-0.25, -0.2) is 0 Å². The van der Waals surface area contributed by atoms with Crippen molar-refractivity contribution in [1.29, 1.82) is 0 Å². The Morgan fingerprint density at radius 1 is 1.22 bits per heavy atom. The Balaban J connectivity index is 1.43. The van der Waals surface area contributed by atoms with Gasteiger partial charge in [0.05, 0.1) is 18.4 Å². The second-order valence-electron chi connectivity index (χ2n) is 7.20. The van der Waals surface area contributed by atoms with Crippen molar-refractivity contribution in [1.82, 2.24) is 9.80 Å². The van der Waals surface area contributed by atoms with E-state index in [1.807, 2.05) is 0 Å². The van der Waals surface area contributed by atoms with Crippen molar-refractivity contribution < 1.29 is 19.1 Å². The number of amides is 3. The van der Waals surface area contributed by atoms with Crippen molar-refractivity contribution in [3.63, 3.8) is 0 Å². The quantitative estimate of drug-likeness (QED) is 0.669. The van der Waals surface area contributed by atoms with Crippen LogP contribution in [0, 0.1) is 11.8 Å². The number of benzene rings is 1. The second-order valence-corrected chi connectivity index (χ2v) is 7.63. The van der Waals surface area contributed by atoms with E-state index in [9.17, 15) is 14.4 Å². The van der Waals surface area contributed by atoms with Crippen molar-refractivity contribution in [2.45, 2.75) is 32.1 Å². The lowest BCUT2D eigenvalue weighted by Crippen LogP contribution is -2.37. The van der Waals surface area contributed by atoms with E-state index in [1.165, 1.54) is 4.90 Å². The van der Waals surface area contributed by atoms with Crippen molar-refractivity contribution in [2.24, 2.45) is 11.8 Å². The molecule has 2 aliphatic rings. The van der Waals surface area contributed by atoms with Crippen molar-refractivity contribution in [3.8, 4) is 5.75 Å². The van der Waals surface area contributed by atoms with Crippen molar-refractivity contribution in [3.05, 3.63) is 29.3 Å². The predicted molar refractivity (Wildman–Crippen MR) is 101 cm³/mol. The molecule has 0 spiro atoms. The Morgan fingerprint density at radius 2 is 1.89 bits per heavy atom. The molecule has 3 amide bonds. The first kappa shape index (κ1) is 19.7. The number of halogens is 1. The van der Waals surface area contributed by atoms with Crippen LogP contribution in [0.1, 0.15) is 32.1 Å². The van der Waals surface area contributed by atoms with Crippen molar-refractivity contribution >= 4 is 29.3 Å². The fourth-order valence-corrected chi connectivity index (χ4v) is 4.01. The molecule has 27 heavy (non-hydrogen) atoms. The van der Waals surface area contributed by atoms with E-state index < -0.39 is 0 Å². The van der Waals surface area contributed by atoms with Gasteiger partial charge in [-0.2, -0.15) is 0 Å². The summed E-state index contributed by atoms with van der Waals surface area (Å²) in [6.07, 6.45) is 3.73. The van der Waals surface area contributed by atoms with E-state index in [1.54, 1.807) is 36.2 Å². The first-order valence-corrected chi connectivity index (χ1v) is 9.82. The number of ether oxygens (including phenoxy) is 1. The molecule has 0 radical (unpaired) electrons. The Bertz CT molecular complexity index is 700. The third kappa shape index (κ3) is 4.61. The van der Waals surface area contributed by atoms with Gasteiger partial charge in [0.15, 0.2) is 0 Å². The number of fused-ring (bicyclic) bond motifs is 1. The lowest BCUT2D eigenvalue weighted by atomic mass is 9.81. The van der Waals surface area contributed by atoms with Gasteiger partial charge in [0.1, 0.15) is 12.4 Å². The van der Waals surface area contributed by atoms with Gasteiger partial charge in [-0.15, -0.1) is 0 Å². The number of carbonyl (C=O) groups excluding carboxylic acids is 3. The Kier molecular flexibility index (Phi) is 6.37. The number of nitrogens with zero attached hydrogens (tertiary/aromatic N) is 2. The van der Waals surface area contributed by atoms with Gasteiger partial charge < -0.3 is 9.64 Å². The van der Waals surface area contributed by atoms with Crippen LogP contribution in [-0.2, 0) is 14.4 Å². The van der Waals surface area contributed by atoms with E-state index in [0.717, 1.165) is 25.7 Å². The molecule has 1 aromatic carbocycles. The molecule has 7 heteroatoms. The minimum absolute atomic E-state index is 0.0931. The summed E-state index contributed by atoms with van der Waals surface area (Å²) >= 11 is 5.90. The summed E-state index contributed by atoms with van der Waals surface area (Å²) in [5, 5.41) is 0.595. The molecule has 0 aromatic heterocycles. The summed E-state index contributed by atoms with van der Waals surface area (Å²) in [6.45, 7) is 0.926. The maximum Gasteiger partial charge on any atom is 0.233 e. The molecule has 6 nitrogen and oxygen atoms in total. The zero-order chi connectivity index (χ0) is 19.4. The molecule has 2 atom stereocenters. The fourth-order valence-electron chi connectivity index (χ4n) is 3.83. The van der Waals surface area contributed by atoms with Crippen LogP contribution in [0.4, 0.5) is 0 Å². The molecule has 1 aliphatic heterocycles. The monoisotopic (exact) mass is 392 g/mol. The van der Waals surface area contributed by atoms with Crippen LogP contribution < -0.4 is 4.74 Å². The standard InChI is InChI=1S/C20H25ClN2O4/c1-22(11-12-27-15-6-4-5-14(21)13-15)18(24)9-10-23-19(25)16-7-2-3-8-17(16)20(23)26/h4-6,13,16-17H,2-3,7-12H2,1H3. The average molecular weight is 393 g/mol. The average Bonchev–Trinajstić information content (AvgIpc) is 2.90. The largest absolute Gasteiger partial charge is 0.492 e. The van der Waals surface area contributed by atoms with Gasteiger partial charge in [-0.3, -0.25) is 19.3 Å². The molecule has 3 rings (SSSR count). The number of likely N-dealkylation sites (N-methyl/N-ethyl adjacent to an activating group) is 1. The lowest BCUT2D eigenvalue weighted by Gasteiger charge is -2.20. The van der Waals surface area contributed by atoms with Crippen molar-refractivity contribution in [2.75, 3.05) is 26.7 Å². The first-order valence-electron chi connectivity index (χ1n) is 9.45. The fraction of sp³-hybridized carbons (Fsp3) is 0.550. The molecule has 1 saturated carbocycles. The SMILES string of the molecule is CN(CCOc1cccc(Cl)c1)C(=O)CCN1C(=O)C2CCCCC2C1=O. The molecule has 1 heterocycles. The molecule has 1 aliphatic carbocycles. The third-order valence-electron chi connectivity index (χ3n) is 5.40. The van der Waals surface area contributed by atoms with Crippen LogP contribution in [0.3, 0.4) is 0 Å². The Labute approximate surface area is 164 Å². The normalized spacial score (nSPS) is 21.9. The predicted octanol–water partition coefficient (Wildman–Crippen LogP) is 2.74. The number of rotatable bonds is 7. The van der Waals surface area contributed by atoms with Gasteiger partial charge in [0.2, 0.25) is 17.7 Å². The highest BCUT2D eigenvalue weighted by atomic mass is 35.5. The summed E-state index contributed by atoms with van der Waals surface area (Å²) in [7, 11) is 1.69. The molecule has 2 unspecified atom stereocenters. The highest BCUT2D eigenvalue weighted by Gasteiger charge is 2.47. The van der Waals surface area contributed by atoms with Crippen LogP contribution in [0.2, 0.25) is 5.02 Å². The third-order valence-corrected chi connectivity index (χ3v) is 5.63. The maximum absolute atomic E-state index is 12.4. The van der Waals surface area contributed by atoms with Crippen LogP contribution in [-0.4, -0.2) is 54.3 Å². The lowest BCUT2D eigenvalue weighted by molar-refractivity contribution is -0.140. The number of carbonyl (C=O) groups is 3. The van der Waals surface area contributed by atoms with Crippen LogP contribution >= 0.6 is 11.6 Å². The second kappa shape index (κ2) is 8.74. The zero-order valence-corrected chi connectivity index (χ0v) is 16.3. The smallest absolute Gasteiger partial charge is 0.233 e. The molecular formula is C20H25ClN2O4. The summed E-state index contributed by atoms with van der Waals surface area (Å²) in [6, 6.07) is 7.08. The molecule has 1 saturated heterocycles. The summed E-state index contributed by atoms with van der Waals surface area (Å²) in [5.41, 5.74) is 0. The molecule has 2 fully saturated rings. The molecule has 1 aromatic rings. The van der Waals surface area contributed by atoms with Gasteiger partial charge in [-0.1, -0.05) is 30.5 Å². The Morgan fingerprint density at radius 3 is 2.52 bits per heavy atom. The van der Waals surface area contributed by atoms with E-state index in [-0.39, 0.29) is 42.5 Å². The van der Waals surface area contributed by atoms with Gasteiger partial charge in [0.25, 0.3) is 0 Å². The maximum atomic E-state index is 12.4. The van der Waals surface area contributed by atoms with E-state index >= 15 is 0 Å². The number of likely N-dealkylation sites (tertiary alicyclic amines) is 1. The minimum Gasteiger partial charge on any atom is -0.492 e. The van der Waals surface area contributed by atoms with E-state index in [4.69, 9.17) is 16.3 Å². The molecule has 0 N–H and O–H groups in total. The van der Waals surface area contributed by atoms with Crippen LogP contribution in [0.15, 0.2) is 24.3 Å². The van der Waals surface area contributed by atoms with Crippen LogP contribution in [0.5, 0.6) is 5.75 Å². The molecular weight excluding hydrogens is 368 g/mol. The van der Waals surface area contributed by atoms with Crippen LogP contribution in [0.25, 0.3) is 0 Å². The summed E-state index contributed by atoms with van der Waals surface area (Å²) in [4.78, 5) is 40.1. The van der Waals surface area contributed by atoms with Gasteiger partial charge in [0, 0.05) is 25.0 Å². The summed E-state index contributed by atoms with van der Waals surface area (Å²) in [5.74, 6) is 0.0311. The number of hydrogen-bond donors (Lipinski definition) is 0. The first-order chi connectivity index (χ1) is 13.0. The van der Waals surface area contributed by atoms with Gasteiger partial charge in [-0.05, 0) is 31.0 Å². The molecule has 146 valence electrons. The summed E-state index contributed by atoms with van der Waals surface area (Å²) < 4.78 is 5.59. The Hall–Kier alpha value is -2.08. The number of hydrogen-bond acceptors (Lipinski definition) is 4. The number of imide groups is 1. The zero-order valence-electron chi connectivity index (χ0n) is 15.5. The topological polar surface area (TPSA) is 66.9 Å². The highest BCUT2D eigenvalue weighted by Crippen LogP contribution is 2.37. The molecule has 0 bridgehead atoms.